The number of thioether (sulfide) groups is 1. The van der Waals surface area contributed by atoms with E-state index in [2.05, 4.69) is 5.32 Å². The second kappa shape index (κ2) is 7.37. The molecule has 1 aromatic heterocycles. The molecule has 8 heteroatoms. The molecule has 0 atom stereocenters. The van der Waals surface area contributed by atoms with E-state index in [1.54, 1.807) is 12.1 Å². The summed E-state index contributed by atoms with van der Waals surface area (Å²) in [4.78, 5) is 14.0. The molecule has 1 saturated heterocycles. The van der Waals surface area contributed by atoms with Crippen molar-refractivity contribution in [3.05, 3.63) is 59.2 Å². The van der Waals surface area contributed by atoms with Crippen molar-refractivity contribution in [3.63, 3.8) is 0 Å². The molecule has 25 heavy (non-hydrogen) atoms. The van der Waals surface area contributed by atoms with Gasteiger partial charge in [-0.1, -0.05) is 29.5 Å². The summed E-state index contributed by atoms with van der Waals surface area (Å²) in [5.74, 6) is -1.87. The molecule has 3 rings (SSSR count). The van der Waals surface area contributed by atoms with E-state index in [0.29, 0.717) is 29.0 Å². The molecule has 0 unspecified atom stereocenters. The predicted octanol–water partition coefficient (Wildman–Crippen LogP) is 4.31. The number of nitrogens with zero attached hydrogens (tertiary/aromatic N) is 1. The summed E-state index contributed by atoms with van der Waals surface area (Å²) in [6.07, 6.45) is 1.51. The van der Waals surface area contributed by atoms with Gasteiger partial charge in [-0.05, 0) is 43.4 Å². The van der Waals surface area contributed by atoms with E-state index < -0.39 is 5.76 Å². The van der Waals surface area contributed by atoms with Crippen molar-refractivity contribution in [1.29, 1.82) is 0 Å². The molecule has 2 aromatic rings. The highest BCUT2D eigenvalue weighted by Gasteiger charge is 2.32. The number of amides is 1. The molecule has 1 N–H and O–H groups in total. The average molecular weight is 380 g/mol. The molecule has 0 aliphatic carbocycles. The molecular weight excluding hydrogens is 366 g/mol. The summed E-state index contributed by atoms with van der Waals surface area (Å²) in [7, 11) is 0. The Hall–Kier alpha value is -2.19. The number of benzene rings is 1. The van der Waals surface area contributed by atoms with Gasteiger partial charge in [0.1, 0.15) is 17.2 Å². The SMILES string of the molecule is Cc1ccc(N2C(=O)/C(=C\c3ccc(CSC(F)F)o3)NC2=S)cc1. The molecule has 0 radical (unpaired) electrons. The molecule has 1 aliphatic rings. The highest BCUT2D eigenvalue weighted by Crippen LogP contribution is 2.25. The number of alkyl halides is 2. The molecule has 1 amide bonds. The van der Waals surface area contributed by atoms with Gasteiger partial charge in [-0.25, -0.2) is 0 Å². The third-order valence-corrected chi connectivity index (χ3v) is 4.48. The van der Waals surface area contributed by atoms with Gasteiger partial charge in [0, 0.05) is 6.08 Å². The molecule has 2 heterocycles. The Bertz CT molecular complexity index is 831. The largest absolute Gasteiger partial charge is 0.461 e. The van der Waals surface area contributed by atoms with Crippen LogP contribution in [0.3, 0.4) is 0 Å². The lowest BCUT2D eigenvalue weighted by Gasteiger charge is -2.13. The molecule has 4 nitrogen and oxygen atoms in total. The van der Waals surface area contributed by atoms with Crippen molar-refractivity contribution in [3.8, 4) is 0 Å². The highest BCUT2D eigenvalue weighted by atomic mass is 32.2. The van der Waals surface area contributed by atoms with Gasteiger partial charge in [0.25, 0.3) is 11.7 Å². The van der Waals surface area contributed by atoms with Crippen LogP contribution < -0.4 is 10.2 Å². The van der Waals surface area contributed by atoms with E-state index in [-0.39, 0.29) is 22.5 Å². The number of thiocarbonyl (C=S) groups is 1. The zero-order chi connectivity index (χ0) is 18.0. The van der Waals surface area contributed by atoms with Crippen LogP contribution in [0.4, 0.5) is 14.5 Å². The summed E-state index contributed by atoms with van der Waals surface area (Å²) < 4.78 is 29.9. The number of aryl methyl sites for hydroxylation is 1. The maximum atomic E-state index is 12.6. The van der Waals surface area contributed by atoms with Crippen molar-refractivity contribution >= 4 is 46.8 Å². The van der Waals surface area contributed by atoms with E-state index in [9.17, 15) is 13.6 Å². The van der Waals surface area contributed by atoms with E-state index in [1.165, 1.54) is 11.0 Å². The first-order chi connectivity index (χ1) is 11.9. The first-order valence-corrected chi connectivity index (χ1v) is 8.82. The maximum Gasteiger partial charge on any atom is 0.284 e. The minimum absolute atomic E-state index is 0.0656. The van der Waals surface area contributed by atoms with Crippen molar-refractivity contribution in [2.75, 3.05) is 4.90 Å². The van der Waals surface area contributed by atoms with Gasteiger partial charge in [0.2, 0.25) is 0 Å². The van der Waals surface area contributed by atoms with Gasteiger partial charge in [-0.15, -0.1) is 0 Å². The zero-order valence-electron chi connectivity index (χ0n) is 13.2. The first kappa shape index (κ1) is 17.6. The Balaban J connectivity index is 1.77. The molecule has 1 aliphatic heterocycles. The number of anilines is 1. The third kappa shape index (κ3) is 4.08. The molecule has 130 valence electrons. The Labute approximate surface area is 152 Å². The van der Waals surface area contributed by atoms with E-state index in [1.807, 2.05) is 31.2 Å². The summed E-state index contributed by atoms with van der Waals surface area (Å²) in [6.45, 7) is 1.96. The third-order valence-electron chi connectivity index (χ3n) is 3.49. The summed E-state index contributed by atoms with van der Waals surface area (Å²) in [5.41, 5.74) is 2.02. The number of furan rings is 1. The molecular formula is C17H14F2N2O2S2. The summed E-state index contributed by atoms with van der Waals surface area (Å²) in [5, 5.41) is 3.14. The number of nitrogens with one attached hydrogen (secondary N) is 1. The lowest BCUT2D eigenvalue weighted by Crippen LogP contribution is -2.30. The van der Waals surface area contributed by atoms with Gasteiger partial charge < -0.3 is 9.73 Å². The Morgan fingerprint density at radius 1 is 1.28 bits per heavy atom. The maximum absolute atomic E-state index is 12.6. The van der Waals surface area contributed by atoms with Crippen LogP contribution in [0.5, 0.6) is 0 Å². The molecule has 0 spiro atoms. The van der Waals surface area contributed by atoms with Crippen molar-refractivity contribution in [2.45, 2.75) is 18.4 Å². The number of carbonyl (C=O) groups excluding carboxylic acids is 1. The molecule has 1 aromatic carbocycles. The predicted molar refractivity (Wildman–Crippen MR) is 98.4 cm³/mol. The van der Waals surface area contributed by atoms with Crippen LogP contribution in [0, 0.1) is 6.92 Å². The lowest BCUT2D eigenvalue weighted by atomic mass is 10.2. The number of halogens is 2. The lowest BCUT2D eigenvalue weighted by molar-refractivity contribution is -0.113. The van der Waals surface area contributed by atoms with Crippen LogP contribution in [0.15, 0.2) is 46.5 Å². The fourth-order valence-electron chi connectivity index (χ4n) is 2.30. The van der Waals surface area contributed by atoms with Gasteiger partial charge in [0.05, 0.1) is 11.4 Å². The van der Waals surface area contributed by atoms with Gasteiger partial charge >= 0.3 is 0 Å². The smallest absolute Gasteiger partial charge is 0.284 e. The minimum atomic E-state index is -2.45. The number of carbonyl (C=O) groups is 1. The van der Waals surface area contributed by atoms with Crippen LogP contribution in [0.2, 0.25) is 0 Å². The quantitative estimate of drug-likeness (QED) is 0.619. The van der Waals surface area contributed by atoms with Gasteiger partial charge in [-0.2, -0.15) is 8.78 Å². The van der Waals surface area contributed by atoms with Crippen LogP contribution in [-0.4, -0.2) is 16.8 Å². The van der Waals surface area contributed by atoms with E-state index >= 15 is 0 Å². The van der Waals surface area contributed by atoms with Crippen molar-refractivity contribution in [1.82, 2.24) is 5.32 Å². The fraction of sp³-hybridized carbons (Fsp3) is 0.176. The van der Waals surface area contributed by atoms with Crippen LogP contribution >= 0.6 is 24.0 Å². The standard InChI is InChI=1S/C17H14F2N2O2S2/c1-10-2-4-11(5-3-10)21-15(22)14(20-17(21)24)8-12-6-7-13(23-12)9-25-16(18)19/h2-8,16H,9H2,1H3,(H,20,24)/b14-8+. The van der Waals surface area contributed by atoms with Crippen LogP contribution in [0.25, 0.3) is 6.08 Å². The number of rotatable bonds is 5. The fourth-order valence-corrected chi connectivity index (χ4v) is 3.04. The second-order valence-electron chi connectivity index (χ2n) is 5.34. The average Bonchev–Trinajstić information content (AvgIpc) is 3.12. The number of hydrogen-bond donors (Lipinski definition) is 1. The first-order valence-electron chi connectivity index (χ1n) is 7.36. The van der Waals surface area contributed by atoms with Crippen LogP contribution in [-0.2, 0) is 10.5 Å². The normalized spacial score (nSPS) is 16.2. The summed E-state index contributed by atoms with van der Waals surface area (Å²) >= 11 is 5.72. The summed E-state index contributed by atoms with van der Waals surface area (Å²) in [6, 6.07) is 10.7. The van der Waals surface area contributed by atoms with E-state index in [4.69, 9.17) is 16.6 Å². The monoisotopic (exact) mass is 380 g/mol. The van der Waals surface area contributed by atoms with Crippen molar-refractivity contribution in [2.24, 2.45) is 0 Å². The molecule has 0 bridgehead atoms. The topological polar surface area (TPSA) is 45.5 Å². The van der Waals surface area contributed by atoms with Crippen molar-refractivity contribution < 1.29 is 18.0 Å². The molecule has 0 saturated carbocycles. The van der Waals surface area contributed by atoms with Crippen LogP contribution in [0.1, 0.15) is 17.1 Å². The number of hydrogen-bond acceptors (Lipinski definition) is 4. The zero-order valence-corrected chi connectivity index (χ0v) is 14.8. The minimum Gasteiger partial charge on any atom is -0.461 e. The van der Waals surface area contributed by atoms with Gasteiger partial charge in [-0.3, -0.25) is 9.69 Å². The highest BCUT2D eigenvalue weighted by molar-refractivity contribution is 7.98. The molecule has 1 fully saturated rings. The Morgan fingerprint density at radius 2 is 2.00 bits per heavy atom. The Kier molecular flexibility index (Phi) is 5.19. The van der Waals surface area contributed by atoms with Gasteiger partial charge in [0.15, 0.2) is 5.11 Å². The Morgan fingerprint density at radius 3 is 2.68 bits per heavy atom. The van der Waals surface area contributed by atoms with E-state index in [0.717, 1.165) is 5.56 Å². The second-order valence-corrected chi connectivity index (χ2v) is 6.71.